The molecule has 1 rings (SSSR count). The number of hydrogen-bond donors (Lipinski definition) is 2. The van der Waals surface area contributed by atoms with E-state index in [1.807, 2.05) is 6.92 Å². The molecule has 0 aromatic carbocycles. The molecular weight excluding hydrogens is 256 g/mol. The van der Waals surface area contributed by atoms with Crippen LogP contribution in [-0.4, -0.2) is 47.6 Å². The van der Waals surface area contributed by atoms with Gasteiger partial charge < -0.3 is 10.4 Å². The summed E-state index contributed by atoms with van der Waals surface area (Å²) in [6.45, 7) is 5.06. The Balaban J connectivity index is 2.39. The average Bonchev–Trinajstić information content (AvgIpc) is 2.44. The first-order chi connectivity index (χ1) is 9.54. The third kappa shape index (κ3) is 5.90. The lowest BCUT2D eigenvalue weighted by molar-refractivity contribution is -0.139. The topological polar surface area (TPSA) is 69.6 Å². The van der Waals surface area contributed by atoms with Crippen LogP contribution in [0.1, 0.15) is 52.4 Å². The highest BCUT2D eigenvalue weighted by Crippen LogP contribution is 2.22. The summed E-state index contributed by atoms with van der Waals surface area (Å²) in [5.41, 5.74) is 0. The van der Waals surface area contributed by atoms with Crippen molar-refractivity contribution in [1.82, 2.24) is 10.2 Å². The van der Waals surface area contributed by atoms with Crippen molar-refractivity contribution < 1.29 is 14.7 Å². The van der Waals surface area contributed by atoms with E-state index in [1.54, 1.807) is 11.8 Å². The first kappa shape index (κ1) is 17.0. The number of carboxylic acids is 1. The summed E-state index contributed by atoms with van der Waals surface area (Å²) in [6.07, 6.45) is 7.07. The lowest BCUT2D eigenvalue weighted by Crippen LogP contribution is -2.48. The quantitative estimate of drug-likeness (QED) is 0.714. The third-order valence-electron chi connectivity index (χ3n) is 4.07. The van der Waals surface area contributed by atoms with Crippen LogP contribution in [0.15, 0.2) is 0 Å². The molecule has 1 amide bonds. The smallest absolute Gasteiger partial charge is 0.317 e. The van der Waals surface area contributed by atoms with Crippen molar-refractivity contribution in [2.75, 3.05) is 19.6 Å². The molecule has 0 aromatic rings. The molecule has 0 spiro atoms. The van der Waals surface area contributed by atoms with Crippen LogP contribution in [0.5, 0.6) is 0 Å². The number of amides is 1. The van der Waals surface area contributed by atoms with Crippen LogP contribution in [0, 0.1) is 5.92 Å². The summed E-state index contributed by atoms with van der Waals surface area (Å²) < 4.78 is 0. The van der Waals surface area contributed by atoms with Crippen LogP contribution in [0.4, 0.5) is 0 Å². The predicted octanol–water partition coefficient (Wildman–Crippen LogP) is 1.87. The summed E-state index contributed by atoms with van der Waals surface area (Å²) in [5.74, 6) is -0.338. The Morgan fingerprint density at radius 1 is 1.30 bits per heavy atom. The second-order valence-electron chi connectivity index (χ2n) is 5.79. The van der Waals surface area contributed by atoms with E-state index in [2.05, 4.69) is 5.32 Å². The van der Waals surface area contributed by atoms with Gasteiger partial charge in [-0.25, -0.2) is 0 Å². The minimum atomic E-state index is -0.884. The van der Waals surface area contributed by atoms with Gasteiger partial charge in [-0.3, -0.25) is 14.5 Å². The van der Waals surface area contributed by atoms with Gasteiger partial charge in [0.2, 0.25) is 5.91 Å². The van der Waals surface area contributed by atoms with E-state index in [9.17, 15) is 9.59 Å². The summed E-state index contributed by atoms with van der Waals surface area (Å²) in [6, 6.07) is -0.380. The molecule has 0 aliphatic heterocycles. The van der Waals surface area contributed by atoms with E-state index in [-0.39, 0.29) is 18.5 Å². The SMILES string of the molecule is CCCN(CC(=O)O)C(C)C(=O)NCC1CCCCC1. The second-order valence-corrected chi connectivity index (χ2v) is 5.79. The van der Waals surface area contributed by atoms with Gasteiger partial charge in [0.25, 0.3) is 0 Å². The number of carbonyl (C=O) groups is 2. The molecule has 0 radical (unpaired) electrons. The largest absolute Gasteiger partial charge is 0.480 e. The lowest BCUT2D eigenvalue weighted by atomic mass is 9.89. The first-order valence-electron chi connectivity index (χ1n) is 7.78. The third-order valence-corrected chi connectivity index (χ3v) is 4.07. The molecule has 1 saturated carbocycles. The highest BCUT2D eigenvalue weighted by molar-refractivity contribution is 5.82. The van der Waals surface area contributed by atoms with Gasteiger partial charge in [0.1, 0.15) is 0 Å². The van der Waals surface area contributed by atoms with Crippen molar-refractivity contribution >= 4 is 11.9 Å². The van der Waals surface area contributed by atoms with E-state index in [0.717, 1.165) is 13.0 Å². The number of nitrogens with one attached hydrogen (secondary N) is 1. The Labute approximate surface area is 121 Å². The van der Waals surface area contributed by atoms with Gasteiger partial charge >= 0.3 is 5.97 Å². The van der Waals surface area contributed by atoms with E-state index >= 15 is 0 Å². The highest BCUT2D eigenvalue weighted by atomic mass is 16.4. The number of carboxylic acid groups (broad SMARTS) is 1. The molecule has 0 heterocycles. The number of aliphatic carboxylic acids is 1. The Morgan fingerprint density at radius 3 is 2.50 bits per heavy atom. The molecule has 5 nitrogen and oxygen atoms in total. The zero-order chi connectivity index (χ0) is 15.0. The molecule has 2 N–H and O–H groups in total. The molecule has 0 aromatic heterocycles. The molecule has 0 saturated heterocycles. The van der Waals surface area contributed by atoms with Gasteiger partial charge in [-0.2, -0.15) is 0 Å². The highest BCUT2D eigenvalue weighted by Gasteiger charge is 2.23. The Kier molecular flexibility index (Phi) is 7.59. The Bertz CT molecular complexity index is 314. The maximum absolute atomic E-state index is 12.1. The predicted molar refractivity (Wildman–Crippen MR) is 78.5 cm³/mol. The van der Waals surface area contributed by atoms with Crippen LogP contribution in [0.25, 0.3) is 0 Å². The summed E-state index contributed by atoms with van der Waals surface area (Å²) in [5, 5.41) is 11.9. The Morgan fingerprint density at radius 2 is 1.95 bits per heavy atom. The van der Waals surface area contributed by atoms with Crippen molar-refractivity contribution in [3.8, 4) is 0 Å². The molecule has 1 atom stereocenters. The number of carbonyl (C=O) groups excluding carboxylic acids is 1. The monoisotopic (exact) mass is 284 g/mol. The number of hydrogen-bond acceptors (Lipinski definition) is 3. The lowest BCUT2D eigenvalue weighted by Gasteiger charge is -2.27. The first-order valence-corrected chi connectivity index (χ1v) is 7.78. The fourth-order valence-corrected chi connectivity index (χ4v) is 2.82. The van der Waals surface area contributed by atoms with Crippen molar-refractivity contribution in [2.45, 2.75) is 58.4 Å². The maximum Gasteiger partial charge on any atom is 0.317 e. The molecule has 20 heavy (non-hydrogen) atoms. The summed E-state index contributed by atoms with van der Waals surface area (Å²) in [4.78, 5) is 24.7. The molecule has 5 heteroatoms. The standard InChI is InChI=1S/C15H28N2O3/c1-3-9-17(11-14(18)19)12(2)15(20)16-10-13-7-5-4-6-8-13/h12-13H,3-11H2,1-2H3,(H,16,20)(H,18,19). The average molecular weight is 284 g/mol. The van der Waals surface area contributed by atoms with Gasteiger partial charge in [-0.1, -0.05) is 26.2 Å². The summed E-state index contributed by atoms with van der Waals surface area (Å²) in [7, 11) is 0. The van der Waals surface area contributed by atoms with E-state index in [1.165, 1.54) is 32.1 Å². The summed E-state index contributed by atoms with van der Waals surface area (Å²) >= 11 is 0. The van der Waals surface area contributed by atoms with Crippen LogP contribution >= 0.6 is 0 Å². The number of nitrogens with zero attached hydrogens (tertiary/aromatic N) is 1. The molecule has 1 aliphatic carbocycles. The van der Waals surface area contributed by atoms with Crippen LogP contribution < -0.4 is 5.32 Å². The van der Waals surface area contributed by atoms with Gasteiger partial charge in [0, 0.05) is 6.54 Å². The molecule has 0 bridgehead atoms. The molecule has 1 unspecified atom stereocenters. The zero-order valence-corrected chi connectivity index (χ0v) is 12.7. The minimum Gasteiger partial charge on any atom is -0.480 e. The van der Waals surface area contributed by atoms with Gasteiger partial charge in [-0.05, 0) is 38.6 Å². The molecule has 1 fully saturated rings. The Hall–Kier alpha value is -1.10. The van der Waals surface area contributed by atoms with E-state index < -0.39 is 5.97 Å². The van der Waals surface area contributed by atoms with Crippen molar-refractivity contribution in [1.29, 1.82) is 0 Å². The second kappa shape index (κ2) is 8.95. The minimum absolute atomic E-state index is 0.0507. The molecular formula is C15H28N2O3. The van der Waals surface area contributed by atoms with E-state index in [4.69, 9.17) is 5.11 Å². The zero-order valence-electron chi connectivity index (χ0n) is 12.7. The van der Waals surface area contributed by atoms with Crippen LogP contribution in [-0.2, 0) is 9.59 Å². The van der Waals surface area contributed by atoms with Crippen molar-refractivity contribution in [3.05, 3.63) is 0 Å². The molecule has 116 valence electrons. The number of rotatable bonds is 8. The fraction of sp³-hybridized carbons (Fsp3) is 0.867. The normalized spacial score (nSPS) is 17.9. The van der Waals surface area contributed by atoms with Gasteiger partial charge in [0.05, 0.1) is 12.6 Å². The van der Waals surface area contributed by atoms with Gasteiger partial charge in [0.15, 0.2) is 0 Å². The van der Waals surface area contributed by atoms with Crippen molar-refractivity contribution in [3.63, 3.8) is 0 Å². The van der Waals surface area contributed by atoms with E-state index in [0.29, 0.717) is 12.5 Å². The van der Waals surface area contributed by atoms with Crippen molar-refractivity contribution in [2.24, 2.45) is 5.92 Å². The maximum atomic E-state index is 12.1. The van der Waals surface area contributed by atoms with Crippen LogP contribution in [0.3, 0.4) is 0 Å². The van der Waals surface area contributed by atoms with Crippen LogP contribution in [0.2, 0.25) is 0 Å². The van der Waals surface area contributed by atoms with Gasteiger partial charge in [-0.15, -0.1) is 0 Å². The fourth-order valence-electron chi connectivity index (χ4n) is 2.82. The molecule has 1 aliphatic rings.